The first-order chi connectivity index (χ1) is 17.1. The van der Waals surface area contributed by atoms with Crippen molar-refractivity contribution < 1.29 is 22.7 Å². The maximum atomic E-state index is 13.3. The number of halogens is 5. The number of anilines is 1. The normalized spacial score (nSPS) is 18.6. The van der Waals surface area contributed by atoms with E-state index in [0.717, 1.165) is 42.0 Å². The highest BCUT2D eigenvalue weighted by molar-refractivity contribution is 6.32. The molecule has 198 valence electrons. The number of carbonyl (C=O) groups is 1. The monoisotopic (exact) mass is 547 g/mol. The Morgan fingerprint density at radius 1 is 1.11 bits per heavy atom. The molecule has 0 aliphatic carbocycles. The molecular formula is C24H30Cl2F3N5O2. The van der Waals surface area contributed by atoms with Gasteiger partial charge in [-0.2, -0.15) is 18.3 Å². The molecule has 0 saturated carbocycles. The minimum absolute atomic E-state index is 0.107. The minimum Gasteiger partial charge on any atom is -0.495 e. The second-order valence-electron chi connectivity index (χ2n) is 9.18. The smallest absolute Gasteiger partial charge is 0.436 e. The van der Waals surface area contributed by atoms with Gasteiger partial charge >= 0.3 is 6.18 Å². The molecule has 0 bridgehead atoms. The van der Waals surface area contributed by atoms with Crippen molar-refractivity contribution in [2.75, 3.05) is 57.8 Å². The topological polar surface area (TPSA) is 53.8 Å². The summed E-state index contributed by atoms with van der Waals surface area (Å²) < 4.78 is 46.4. The summed E-state index contributed by atoms with van der Waals surface area (Å²) in [4.78, 5) is 18.5. The van der Waals surface area contributed by atoms with E-state index in [2.05, 4.69) is 14.9 Å². The van der Waals surface area contributed by atoms with Crippen molar-refractivity contribution in [2.45, 2.75) is 38.5 Å². The number of nitrogens with zero attached hydrogens (tertiary/aromatic N) is 5. The largest absolute Gasteiger partial charge is 0.495 e. The van der Waals surface area contributed by atoms with E-state index in [4.69, 9.17) is 27.9 Å². The molecule has 3 heterocycles. The van der Waals surface area contributed by atoms with Gasteiger partial charge in [-0.1, -0.05) is 23.2 Å². The molecule has 0 amide bonds. The number of aromatic nitrogens is 2. The average molecular weight is 548 g/mol. The number of hydrogen-bond donors (Lipinski definition) is 0. The summed E-state index contributed by atoms with van der Waals surface area (Å²) in [6.45, 7) is 6.66. The first kappa shape index (κ1) is 27.0. The summed E-state index contributed by atoms with van der Waals surface area (Å²) in [6.07, 6.45) is -1.77. The fraction of sp³-hybridized carbons (Fsp3) is 0.583. The van der Waals surface area contributed by atoms with Gasteiger partial charge in [-0.15, -0.1) is 0 Å². The standard InChI is InChI=1S/C24H30Cl2F3N5O2/c1-16-22(26)23(24(27,28)29)30-34(16)21(15-35)33-11-9-32(10-12-33)19-14-20(36-2)18(25)13-17(19)5-8-31-6-3-4-7-31/h13-15,21H,3-12H2,1-2H3. The molecule has 2 aliphatic heterocycles. The lowest BCUT2D eigenvalue weighted by molar-refractivity contribution is -0.142. The van der Waals surface area contributed by atoms with E-state index in [1.807, 2.05) is 17.0 Å². The predicted molar refractivity (Wildman–Crippen MR) is 133 cm³/mol. The number of methoxy groups -OCH3 is 1. The van der Waals surface area contributed by atoms with Crippen molar-refractivity contribution in [2.24, 2.45) is 0 Å². The van der Waals surface area contributed by atoms with Crippen molar-refractivity contribution in [1.82, 2.24) is 19.6 Å². The highest BCUT2D eigenvalue weighted by atomic mass is 35.5. The van der Waals surface area contributed by atoms with Gasteiger partial charge in [0.25, 0.3) is 0 Å². The van der Waals surface area contributed by atoms with Crippen molar-refractivity contribution in [3.8, 4) is 5.75 Å². The van der Waals surface area contributed by atoms with Crippen molar-refractivity contribution >= 4 is 35.2 Å². The molecule has 0 radical (unpaired) electrons. The van der Waals surface area contributed by atoms with Crippen LogP contribution in [-0.4, -0.2) is 78.8 Å². The molecule has 0 spiro atoms. The van der Waals surface area contributed by atoms with E-state index in [9.17, 15) is 18.0 Å². The van der Waals surface area contributed by atoms with E-state index in [-0.39, 0.29) is 5.69 Å². The van der Waals surface area contributed by atoms with Gasteiger partial charge < -0.3 is 14.5 Å². The SMILES string of the molecule is COc1cc(N2CCN(C(C=O)n3nc(C(F)(F)F)c(Cl)c3C)CC2)c(CCN2CCCC2)cc1Cl. The maximum Gasteiger partial charge on any atom is 0.436 e. The zero-order chi connectivity index (χ0) is 26.0. The number of likely N-dealkylation sites (tertiary alicyclic amines) is 1. The predicted octanol–water partition coefficient (Wildman–Crippen LogP) is 4.68. The average Bonchev–Trinajstić information content (AvgIpc) is 3.47. The Labute approximate surface area is 218 Å². The Morgan fingerprint density at radius 2 is 1.78 bits per heavy atom. The molecule has 7 nitrogen and oxygen atoms in total. The van der Waals surface area contributed by atoms with Gasteiger partial charge in [-0.25, -0.2) is 4.68 Å². The third kappa shape index (κ3) is 5.61. The summed E-state index contributed by atoms with van der Waals surface area (Å²) in [6, 6.07) is 3.90. The van der Waals surface area contributed by atoms with Gasteiger partial charge in [0.2, 0.25) is 0 Å². The van der Waals surface area contributed by atoms with E-state index in [1.165, 1.54) is 19.8 Å². The minimum atomic E-state index is -4.70. The Morgan fingerprint density at radius 3 is 2.33 bits per heavy atom. The van der Waals surface area contributed by atoms with Crippen molar-refractivity contribution in [3.63, 3.8) is 0 Å². The van der Waals surface area contributed by atoms with Gasteiger partial charge in [0.05, 0.1) is 22.8 Å². The summed E-state index contributed by atoms with van der Waals surface area (Å²) in [5.41, 5.74) is 1.08. The second kappa shape index (κ2) is 11.2. The van der Waals surface area contributed by atoms with Crippen LogP contribution in [0.25, 0.3) is 0 Å². The van der Waals surface area contributed by atoms with Crippen LogP contribution in [0.15, 0.2) is 12.1 Å². The van der Waals surface area contributed by atoms with Gasteiger partial charge in [-0.3, -0.25) is 9.69 Å². The zero-order valence-electron chi connectivity index (χ0n) is 20.3. The van der Waals surface area contributed by atoms with Gasteiger partial charge in [-0.05, 0) is 50.9 Å². The highest BCUT2D eigenvalue weighted by Crippen LogP contribution is 2.37. The molecule has 1 unspecified atom stereocenters. The lowest BCUT2D eigenvalue weighted by Crippen LogP contribution is -2.50. The van der Waals surface area contributed by atoms with Crippen LogP contribution in [0.4, 0.5) is 18.9 Å². The summed E-state index contributed by atoms with van der Waals surface area (Å²) in [5, 5.41) is 3.73. The third-order valence-electron chi connectivity index (χ3n) is 7.00. The number of aldehydes is 1. The number of piperazine rings is 1. The Kier molecular flexibility index (Phi) is 8.38. The van der Waals surface area contributed by atoms with Crippen LogP contribution < -0.4 is 9.64 Å². The third-order valence-corrected chi connectivity index (χ3v) is 7.74. The Hall–Kier alpha value is -2.01. The van der Waals surface area contributed by atoms with Crippen LogP contribution in [0.1, 0.15) is 36.0 Å². The van der Waals surface area contributed by atoms with Crippen LogP contribution in [0.3, 0.4) is 0 Å². The first-order valence-corrected chi connectivity index (χ1v) is 12.7. The molecule has 2 fully saturated rings. The zero-order valence-corrected chi connectivity index (χ0v) is 21.8. The molecule has 2 saturated heterocycles. The molecule has 1 atom stereocenters. The number of ether oxygens (including phenoxy) is 1. The van der Waals surface area contributed by atoms with E-state index in [1.54, 1.807) is 7.11 Å². The fourth-order valence-electron chi connectivity index (χ4n) is 4.98. The fourth-order valence-corrected chi connectivity index (χ4v) is 5.48. The maximum absolute atomic E-state index is 13.3. The molecule has 1 aromatic heterocycles. The molecule has 36 heavy (non-hydrogen) atoms. The van der Waals surface area contributed by atoms with Crippen LogP contribution in [0.5, 0.6) is 5.75 Å². The molecule has 12 heteroatoms. The van der Waals surface area contributed by atoms with Gasteiger partial charge in [0.1, 0.15) is 5.75 Å². The quantitative estimate of drug-likeness (QED) is 0.447. The van der Waals surface area contributed by atoms with E-state index >= 15 is 0 Å². The van der Waals surface area contributed by atoms with E-state index < -0.39 is 23.1 Å². The van der Waals surface area contributed by atoms with E-state index in [0.29, 0.717) is 43.2 Å². The van der Waals surface area contributed by atoms with Crippen LogP contribution in [-0.2, 0) is 17.4 Å². The number of carbonyl (C=O) groups excluding carboxylic acids is 1. The number of rotatable bonds is 8. The molecule has 1 aromatic carbocycles. The van der Waals surface area contributed by atoms with Crippen LogP contribution in [0.2, 0.25) is 10.0 Å². The first-order valence-electron chi connectivity index (χ1n) is 12.0. The number of alkyl halides is 3. The van der Waals surface area contributed by atoms with Crippen LogP contribution in [0, 0.1) is 6.92 Å². The summed E-state index contributed by atoms with van der Waals surface area (Å²) >= 11 is 12.3. The van der Waals surface area contributed by atoms with Crippen LogP contribution >= 0.6 is 23.2 Å². The summed E-state index contributed by atoms with van der Waals surface area (Å²) in [5.74, 6) is 0.589. The Bertz CT molecular complexity index is 1080. The van der Waals surface area contributed by atoms with Crippen molar-refractivity contribution in [1.29, 1.82) is 0 Å². The number of benzene rings is 1. The Balaban J connectivity index is 1.51. The second-order valence-corrected chi connectivity index (χ2v) is 9.96. The van der Waals surface area contributed by atoms with Gasteiger partial charge in [0.15, 0.2) is 18.1 Å². The molecule has 0 N–H and O–H groups in total. The molecule has 2 aromatic rings. The van der Waals surface area contributed by atoms with Gasteiger partial charge in [0, 0.05) is 44.5 Å². The molecular weight excluding hydrogens is 518 g/mol. The highest BCUT2D eigenvalue weighted by Gasteiger charge is 2.40. The lowest BCUT2D eigenvalue weighted by atomic mass is 10.1. The number of hydrogen-bond acceptors (Lipinski definition) is 6. The lowest BCUT2D eigenvalue weighted by Gasteiger charge is -2.39. The molecule has 4 rings (SSSR count). The molecule has 2 aliphatic rings. The summed E-state index contributed by atoms with van der Waals surface area (Å²) in [7, 11) is 1.58. The van der Waals surface area contributed by atoms with Crippen molar-refractivity contribution in [3.05, 3.63) is 39.1 Å².